The van der Waals surface area contributed by atoms with Crippen LogP contribution in [0.4, 0.5) is 5.69 Å². The van der Waals surface area contributed by atoms with Crippen LogP contribution in [0.3, 0.4) is 0 Å². The molecule has 4 nitrogen and oxygen atoms in total. The van der Waals surface area contributed by atoms with Gasteiger partial charge < -0.3 is 19.7 Å². The normalized spacial score (nSPS) is 19.0. The number of methoxy groups -OCH3 is 2. The molecule has 106 valence electrons. The van der Waals surface area contributed by atoms with Crippen LogP contribution >= 0.6 is 0 Å². The van der Waals surface area contributed by atoms with E-state index in [0.717, 1.165) is 37.1 Å². The highest BCUT2D eigenvalue weighted by atomic mass is 16.5. The molecule has 1 aliphatic rings. The van der Waals surface area contributed by atoms with Crippen molar-refractivity contribution in [1.82, 2.24) is 5.32 Å². The zero-order valence-corrected chi connectivity index (χ0v) is 12.1. The molecule has 0 saturated carbocycles. The van der Waals surface area contributed by atoms with E-state index in [1.807, 2.05) is 12.1 Å². The molecule has 1 aromatic rings. The van der Waals surface area contributed by atoms with Crippen LogP contribution in [-0.2, 0) is 0 Å². The van der Waals surface area contributed by atoms with Gasteiger partial charge in [-0.1, -0.05) is 0 Å². The highest BCUT2D eigenvalue weighted by molar-refractivity contribution is 5.56. The lowest BCUT2D eigenvalue weighted by Crippen LogP contribution is -2.36. The second-order valence-electron chi connectivity index (χ2n) is 5.13. The zero-order chi connectivity index (χ0) is 13.7. The summed E-state index contributed by atoms with van der Waals surface area (Å²) in [5.41, 5.74) is 1.17. The van der Waals surface area contributed by atoms with E-state index < -0.39 is 0 Å². The van der Waals surface area contributed by atoms with Gasteiger partial charge in [0.2, 0.25) is 0 Å². The van der Waals surface area contributed by atoms with E-state index in [0.29, 0.717) is 0 Å². The van der Waals surface area contributed by atoms with Crippen molar-refractivity contribution in [1.29, 1.82) is 0 Å². The van der Waals surface area contributed by atoms with Crippen molar-refractivity contribution < 1.29 is 9.47 Å². The summed E-state index contributed by atoms with van der Waals surface area (Å²) in [6.45, 7) is 3.36. The predicted octanol–water partition coefficient (Wildman–Crippen LogP) is 2.14. The number of nitrogens with one attached hydrogen (secondary N) is 1. The molecule has 1 unspecified atom stereocenters. The summed E-state index contributed by atoms with van der Waals surface area (Å²) >= 11 is 0. The van der Waals surface area contributed by atoms with Crippen molar-refractivity contribution in [2.75, 3.05) is 45.8 Å². The minimum atomic E-state index is 0.729. The Kier molecular flexibility index (Phi) is 4.91. The van der Waals surface area contributed by atoms with Crippen molar-refractivity contribution in [3.8, 4) is 11.5 Å². The van der Waals surface area contributed by atoms with E-state index in [-0.39, 0.29) is 0 Å². The van der Waals surface area contributed by atoms with Gasteiger partial charge in [-0.2, -0.15) is 0 Å². The fourth-order valence-corrected chi connectivity index (χ4v) is 2.63. The zero-order valence-electron chi connectivity index (χ0n) is 12.1. The van der Waals surface area contributed by atoms with Crippen LogP contribution in [0.1, 0.15) is 12.8 Å². The van der Waals surface area contributed by atoms with Gasteiger partial charge in [0, 0.05) is 25.3 Å². The van der Waals surface area contributed by atoms with Gasteiger partial charge in [-0.15, -0.1) is 0 Å². The van der Waals surface area contributed by atoms with Crippen molar-refractivity contribution in [2.45, 2.75) is 12.8 Å². The second-order valence-corrected chi connectivity index (χ2v) is 5.13. The number of ether oxygens (including phenoxy) is 2. The number of hydrogen-bond acceptors (Lipinski definition) is 4. The first kappa shape index (κ1) is 14.0. The molecule has 19 heavy (non-hydrogen) atoms. The van der Waals surface area contributed by atoms with Crippen LogP contribution in [-0.4, -0.2) is 40.9 Å². The SMILES string of the molecule is COc1ccc(N(C)CC2CCCNC2)cc1OC. The monoisotopic (exact) mass is 264 g/mol. The molecule has 4 heteroatoms. The minimum Gasteiger partial charge on any atom is -0.493 e. The predicted molar refractivity (Wildman–Crippen MR) is 78.4 cm³/mol. The van der Waals surface area contributed by atoms with Gasteiger partial charge in [-0.3, -0.25) is 0 Å². The number of nitrogens with zero attached hydrogens (tertiary/aromatic N) is 1. The summed E-state index contributed by atoms with van der Waals surface area (Å²) in [6, 6.07) is 6.08. The molecule has 1 heterocycles. The number of benzene rings is 1. The van der Waals surface area contributed by atoms with Gasteiger partial charge in [-0.25, -0.2) is 0 Å². The first-order valence-corrected chi connectivity index (χ1v) is 6.88. The summed E-state index contributed by atoms with van der Waals surface area (Å²) in [5.74, 6) is 2.29. The Hall–Kier alpha value is -1.42. The molecule has 1 atom stereocenters. The number of piperidine rings is 1. The Morgan fingerprint density at radius 3 is 2.68 bits per heavy atom. The van der Waals surface area contributed by atoms with Gasteiger partial charge in [0.1, 0.15) is 0 Å². The van der Waals surface area contributed by atoms with E-state index in [2.05, 4.69) is 23.3 Å². The third-order valence-electron chi connectivity index (χ3n) is 3.74. The molecule has 0 aromatic heterocycles. The molecule has 1 fully saturated rings. The molecule has 0 aliphatic carbocycles. The standard InChI is InChI=1S/C15H24N2O2/c1-17(11-12-5-4-8-16-10-12)13-6-7-14(18-2)15(9-13)19-3/h6-7,9,12,16H,4-5,8,10-11H2,1-3H3. The lowest BCUT2D eigenvalue weighted by atomic mass is 9.99. The number of anilines is 1. The van der Waals surface area contributed by atoms with E-state index >= 15 is 0 Å². The number of rotatable bonds is 5. The van der Waals surface area contributed by atoms with Gasteiger partial charge in [0.25, 0.3) is 0 Å². The Morgan fingerprint density at radius 2 is 2.05 bits per heavy atom. The van der Waals surface area contributed by atoms with Crippen molar-refractivity contribution in [2.24, 2.45) is 5.92 Å². The lowest BCUT2D eigenvalue weighted by molar-refractivity contribution is 0.354. The van der Waals surface area contributed by atoms with Crippen LogP contribution < -0.4 is 19.7 Å². The van der Waals surface area contributed by atoms with Crippen molar-refractivity contribution in [3.05, 3.63) is 18.2 Å². The van der Waals surface area contributed by atoms with E-state index in [1.54, 1.807) is 14.2 Å². The summed E-state index contributed by atoms with van der Waals surface area (Å²) in [7, 11) is 5.47. The molecule has 0 amide bonds. The van der Waals surface area contributed by atoms with Crippen LogP contribution in [0, 0.1) is 5.92 Å². The summed E-state index contributed by atoms with van der Waals surface area (Å²) < 4.78 is 10.6. The maximum absolute atomic E-state index is 5.35. The number of hydrogen-bond donors (Lipinski definition) is 1. The Balaban J connectivity index is 2.03. The summed E-state index contributed by atoms with van der Waals surface area (Å²) in [4.78, 5) is 2.29. The van der Waals surface area contributed by atoms with Crippen LogP contribution in [0.5, 0.6) is 11.5 Å². The molecule has 2 rings (SSSR count). The van der Waals surface area contributed by atoms with Crippen molar-refractivity contribution >= 4 is 5.69 Å². The fraction of sp³-hybridized carbons (Fsp3) is 0.600. The maximum Gasteiger partial charge on any atom is 0.162 e. The minimum absolute atomic E-state index is 0.729. The molecular weight excluding hydrogens is 240 g/mol. The molecular formula is C15H24N2O2. The van der Waals surface area contributed by atoms with Crippen LogP contribution in [0.15, 0.2) is 18.2 Å². The van der Waals surface area contributed by atoms with Gasteiger partial charge in [-0.05, 0) is 44.0 Å². The highest BCUT2D eigenvalue weighted by Gasteiger charge is 2.16. The van der Waals surface area contributed by atoms with E-state index in [4.69, 9.17) is 9.47 Å². The fourth-order valence-electron chi connectivity index (χ4n) is 2.63. The molecule has 1 saturated heterocycles. The smallest absolute Gasteiger partial charge is 0.162 e. The van der Waals surface area contributed by atoms with Crippen molar-refractivity contribution in [3.63, 3.8) is 0 Å². The highest BCUT2D eigenvalue weighted by Crippen LogP contribution is 2.31. The third kappa shape index (κ3) is 3.53. The largest absolute Gasteiger partial charge is 0.493 e. The third-order valence-corrected chi connectivity index (χ3v) is 3.74. The summed E-state index contributed by atoms with van der Waals surface area (Å²) in [6.07, 6.45) is 2.59. The lowest BCUT2D eigenvalue weighted by Gasteiger charge is -2.29. The summed E-state index contributed by atoms with van der Waals surface area (Å²) in [5, 5.41) is 3.46. The van der Waals surface area contributed by atoms with Gasteiger partial charge in [0.05, 0.1) is 14.2 Å². The molecule has 1 N–H and O–H groups in total. The molecule has 0 spiro atoms. The van der Waals surface area contributed by atoms with Gasteiger partial charge in [0.15, 0.2) is 11.5 Å². The van der Waals surface area contributed by atoms with E-state index in [1.165, 1.54) is 18.5 Å². The van der Waals surface area contributed by atoms with Crippen LogP contribution in [0.2, 0.25) is 0 Å². The quantitative estimate of drug-likeness (QED) is 0.883. The Labute approximate surface area is 115 Å². The molecule has 0 radical (unpaired) electrons. The van der Waals surface area contributed by atoms with E-state index in [9.17, 15) is 0 Å². The topological polar surface area (TPSA) is 33.7 Å². The molecule has 1 aromatic carbocycles. The average Bonchev–Trinajstić information content (AvgIpc) is 2.47. The molecule has 1 aliphatic heterocycles. The first-order valence-electron chi connectivity index (χ1n) is 6.88. The first-order chi connectivity index (χ1) is 9.24. The second kappa shape index (κ2) is 6.66. The van der Waals surface area contributed by atoms with Crippen LogP contribution in [0.25, 0.3) is 0 Å². The molecule has 0 bridgehead atoms. The van der Waals surface area contributed by atoms with Gasteiger partial charge >= 0.3 is 0 Å². The Bertz CT molecular complexity index is 403. The average molecular weight is 264 g/mol. The maximum atomic E-state index is 5.35. The Morgan fingerprint density at radius 1 is 1.26 bits per heavy atom.